The molecule has 22 heavy (non-hydrogen) atoms. The second-order valence-electron chi connectivity index (χ2n) is 5.83. The van der Waals surface area contributed by atoms with Crippen molar-refractivity contribution in [2.24, 2.45) is 7.05 Å². The maximum absolute atomic E-state index is 12.3. The number of nitrogens with zero attached hydrogens (tertiary/aromatic N) is 3. The molecule has 1 aliphatic rings. The summed E-state index contributed by atoms with van der Waals surface area (Å²) in [5, 5.41) is 17.9. The molecule has 118 valence electrons. The molecule has 3 rings (SSSR count). The van der Waals surface area contributed by atoms with Crippen LogP contribution in [0.4, 0.5) is 0 Å². The van der Waals surface area contributed by atoms with Crippen molar-refractivity contribution in [3.05, 3.63) is 23.1 Å². The van der Waals surface area contributed by atoms with Crippen molar-refractivity contribution in [2.45, 2.75) is 32.7 Å². The Bertz CT molecular complexity index is 680. The first-order valence-corrected chi connectivity index (χ1v) is 7.64. The van der Waals surface area contributed by atoms with E-state index in [0.717, 1.165) is 48.6 Å². The van der Waals surface area contributed by atoms with Gasteiger partial charge in [0, 0.05) is 24.3 Å². The summed E-state index contributed by atoms with van der Waals surface area (Å²) in [5.41, 5.74) is 4.19. The molecule has 3 N–H and O–H groups in total. The predicted molar refractivity (Wildman–Crippen MR) is 83.6 cm³/mol. The highest BCUT2D eigenvalue weighted by Gasteiger charge is 2.20. The Hall–Kier alpha value is -2.15. The summed E-state index contributed by atoms with van der Waals surface area (Å²) in [6.45, 7) is 5.85. The fraction of sp³-hybridized carbons (Fsp3) is 0.533. The summed E-state index contributed by atoms with van der Waals surface area (Å²) in [6, 6.07) is 2.04. The molecule has 1 fully saturated rings. The van der Waals surface area contributed by atoms with E-state index in [9.17, 15) is 4.79 Å². The Labute approximate surface area is 129 Å². The van der Waals surface area contributed by atoms with Crippen molar-refractivity contribution in [3.63, 3.8) is 0 Å². The number of carbonyl (C=O) groups excluding carboxylic acids is 1. The van der Waals surface area contributed by atoms with E-state index in [-0.39, 0.29) is 11.9 Å². The second kappa shape index (κ2) is 5.92. The minimum absolute atomic E-state index is 0.0927. The zero-order valence-corrected chi connectivity index (χ0v) is 13.2. The summed E-state index contributed by atoms with van der Waals surface area (Å²) in [5.74, 6) is -0.0927. The molecule has 1 aliphatic heterocycles. The standard InChI is InChI=1S/C15H22N6O/c1-9-14(10(2)21(3)20-9)12-8-13(19-18-12)15(22)17-11-4-6-16-7-5-11/h8,11,16H,4-7H2,1-3H3,(H,17,22)(H,18,19). The fourth-order valence-electron chi connectivity index (χ4n) is 2.94. The van der Waals surface area contributed by atoms with E-state index in [1.807, 2.05) is 25.6 Å². The van der Waals surface area contributed by atoms with Gasteiger partial charge in [0.05, 0.1) is 11.4 Å². The zero-order valence-electron chi connectivity index (χ0n) is 13.2. The van der Waals surface area contributed by atoms with E-state index in [1.54, 1.807) is 6.07 Å². The molecule has 0 aromatic carbocycles. The number of hydrogen-bond donors (Lipinski definition) is 3. The van der Waals surface area contributed by atoms with Crippen LogP contribution < -0.4 is 10.6 Å². The van der Waals surface area contributed by atoms with Crippen molar-refractivity contribution < 1.29 is 4.79 Å². The van der Waals surface area contributed by atoms with Gasteiger partial charge in [-0.1, -0.05) is 0 Å². The van der Waals surface area contributed by atoms with Crippen LogP contribution in [0.3, 0.4) is 0 Å². The molecule has 2 aromatic heterocycles. The van der Waals surface area contributed by atoms with Crippen molar-refractivity contribution in [1.29, 1.82) is 0 Å². The third-order valence-corrected chi connectivity index (χ3v) is 4.26. The van der Waals surface area contributed by atoms with Gasteiger partial charge >= 0.3 is 0 Å². The number of hydrogen-bond acceptors (Lipinski definition) is 4. The van der Waals surface area contributed by atoms with Crippen LogP contribution in [0.1, 0.15) is 34.7 Å². The lowest BCUT2D eigenvalue weighted by atomic mass is 10.1. The van der Waals surface area contributed by atoms with E-state index in [1.165, 1.54) is 0 Å². The molecule has 0 radical (unpaired) electrons. The highest BCUT2D eigenvalue weighted by molar-refractivity contribution is 5.93. The van der Waals surface area contributed by atoms with Gasteiger partial charge in [-0.2, -0.15) is 10.2 Å². The summed E-state index contributed by atoms with van der Waals surface area (Å²) in [6.07, 6.45) is 1.93. The summed E-state index contributed by atoms with van der Waals surface area (Å²) in [4.78, 5) is 12.3. The third kappa shape index (κ3) is 2.76. The van der Waals surface area contributed by atoms with E-state index < -0.39 is 0 Å². The largest absolute Gasteiger partial charge is 0.348 e. The quantitative estimate of drug-likeness (QED) is 0.786. The molecule has 2 aromatic rings. The molecular weight excluding hydrogens is 280 g/mol. The molecule has 0 aliphatic carbocycles. The van der Waals surface area contributed by atoms with Crippen molar-refractivity contribution in [2.75, 3.05) is 13.1 Å². The van der Waals surface area contributed by atoms with Gasteiger partial charge in [-0.3, -0.25) is 14.6 Å². The molecule has 0 bridgehead atoms. The van der Waals surface area contributed by atoms with Gasteiger partial charge in [0.15, 0.2) is 0 Å². The van der Waals surface area contributed by atoms with Gasteiger partial charge in [-0.15, -0.1) is 0 Å². The average molecular weight is 302 g/mol. The highest BCUT2D eigenvalue weighted by atomic mass is 16.2. The molecule has 1 amide bonds. The number of amides is 1. The predicted octanol–water partition coefficient (Wildman–Crippen LogP) is 0.909. The first-order chi connectivity index (χ1) is 10.6. The molecule has 0 saturated carbocycles. The van der Waals surface area contributed by atoms with Crippen molar-refractivity contribution >= 4 is 5.91 Å². The molecule has 0 spiro atoms. The lowest BCUT2D eigenvalue weighted by molar-refractivity contribution is 0.0924. The van der Waals surface area contributed by atoms with Gasteiger partial charge in [0.1, 0.15) is 5.69 Å². The SMILES string of the molecule is Cc1nn(C)c(C)c1-c1cc(C(=O)NC2CCNCC2)[nH]n1. The van der Waals surface area contributed by atoms with E-state index in [4.69, 9.17) is 0 Å². The number of aryl methyl sites for hydroxylation is 2. The smallest absolute Gasteiger partial charge is 0.269 e. The number of aromatic nitrogens is 4. The van der Waals surface area contributed by atoms with Crippen LogP contribution >= 0.6 is 0 Å². The number of aromatic amines is 1. The Morgan fingerprint density at radius 1 is 1.36 bits per heavy atom. The third-order valence-electron chi connectivity index (χ3n) is 4.26. The normalized spacial score (nSPS) is 16.0. The second-order valence-corrected chi connectivity index (χ2v) is 5.83. The van der Waals surface area contributed by atoms with E-state index >= 15 is 0 Å². The van der Waals surface area contributed by atoms with Gasteiger partial charge in [-0.05, 0) is 45.8 Å². The zero-order chi connectivity index (χ0) is 15.7. The minimum atomic E-state index is -0.0927. The van der Waals surface area contributed by atoms with Crippen molar-refractivity contribution in [3.8, 4) is 11.3 Å². The number of piperidine rings is 1. The number of rotatable bonds is 3. The monoisotopic (exact) mass is 302 g/mol. The molecular formula is C15H22N6O. The Kier molecular flexibility index (Phi) is 3.98. The molecule has 0 unspecified atom stereocenters. The molecule has 0 atom stereocenters. The topological polar surface area (TPSA) is 87.6 Å². The maximum atomic E-state index is 12.3. The first kappa shape index (κ1) is 14.8. The van der Waals surface area contributed by atoms with Crippen LogP contribution in [-0.2, 0) is 7.05 Å². The van der Waals surface area contributed by atoms with Crippen LogP contribution in [0.2, 0.25) is 0 Å². The Balaban J connectivity index is 1.77. The summed E-state index contributed by atoms with van der Waals surface area (Å²) in [7, 11) is 1.91. The Morgan fingerprint density at radius 3 is 2.73 bits per heavy atom. The van der Waals surface area contributed by atoms with Crippen LogP contribution in [-0.4, -0.2) is 45.0 Å². The van der Waals surface area contributed by atoms with Gasteiger partial charge < -0.3 is 10.6 Å². The first-order valence-electron chi connectivity index (χ1n) is 7.64. The summed E-state index contributed by atoms with van der Waals surface area (Å²) < 4.78 is 1.83. The van der Waals surface area contributed by atoms with Gasteiger partial charge in [-0.25, -0.2) is 0 Å². The van der Waals surface area contributed by atoms with E-state index in [0.29, 0.717) is 5.69 Å². The number of H-pyrrole nitrogens is 1. The molecule has 1 saturated heterocycles. The molecule has 7 heteroatoms. The van der Waals surface area contributed by atoms with Crippen LogP contribution in [0, 0.1) is 13.8 Å². The Morgan fingerprint density at radius 2 is 2.09 bits per heavy atom. The summed E-state index contributed by atoms with van der Waals surface area (Å²) >= 11 is 0. The molecule has 7 nitrogen and oxygen atoms in total. The number of nitrogens with one attached hydrogen (secondary N) is 3. The van der Waals surface area contributed by atoms with Gasteiger partial charge in [0.25, 0.3) is 5.91 Å². The average Bonchev–Trinajstić information content (AvgIpc) is 3.06. The maximum Gasteiger partial charge on any atom is 0.269 e. The fourth-order valence-corrected chi connectivity index (χ4v) is 2.94. The lowest BCUT2D eigenvalue weighted by Crippen LogP contribution is -2.42. The van der Waals surface area contributed by atoms with Gasteiger partial charge in [0.2, 0.25) is 0 Å². The lowest BCUT2D eigenvalue weighted by Gasteiger charge is -2.23. The highest BCUT2D eigenvalue weighted by Crippen LogP contribution is 2.25. The molecule has 3 heterocycles. The van der Waals surface area contributed by atoms with Crippen LogP contribution in [0.15, 0.2) is 6.07 Å². The van der Waals surface area contributed by atoms with E-state index in [2.05, 4.69) is 25.9 Å². The van der Waals surface area contributed by atoms with Crippen LogP contribution in [0.25, 0.3) is 11.3 Å². The van der Waals surface area contributed by atoms with Crippen LogP contribution in [0.5, 0.6) is 0 Å². The minimum Gasteiger partial charge on any atom is -0.348 e. The number of carbonyl (C=O) groups is 1. The van der Waals surface area contributed by atoms with Crippen molar-refractivity contribution in [1.82, 2.24) is 30.6 Å².